The third-order valence-corrected chi connectivity index (χ3v) is 5.39. The largest absolute Gasteiger partial charge is 0.469 e. The van der Waals surface area contributed by atoms with E-state index in [1.165, 1.54) is 14.2 Å². The molecule has 1 aliphatic rings. The summed E-state index contributed by atoms with van der Waals surface area (Å²) in [6.45, 7) is 0. The Balaban J connectivity index is 1.82. The van der Waals surface area contributed by atoms with Gasteiger partial charge in [0.05, 0.1) is 33.1 Å². The number of rotatable bonds is 5. The van der Waals surface area contributed by atoms with Gasteiger partial charge in [0.25, 0.3) is 0 Å². The van der Waals surface area contributed by atoms with Crippen molar-refractivity contribution in [3.63, 3.8) is 0 Å². The van der Waals surface area contributed by atoms with Crippen LogP contribution in [0.15, 0.2) is 48.5 Å². The van der Waals surface area contributed by atoms with E-state index in [1.54, 1.807) is 0 Å². The van der Waals surface area contributed by atoms with E-state index in [9.17, 15) is 9.59 Å². The maximum absolute atomic E-state index is 12.1. The van der Waals surface area contributed by atoms with Crippen molar-refractivity contribution in [2.45, 2.75) is 24.8 Å². The lowest BCUT2D eigenvalue weighted by molar-refractivity contribution is -0.141. The van der Waals surface area contributed by atoms with Gasteiger partial charge in [0, 0.05) is 28.2 Å². The fraction of sp³-hybridized carbons (Fsp3) is 0.273. The van der Waals surface area contributed by atoms with Gasteiger partial charge in [-0.2, -0.15) is 0 Å². The SMILES string of the molecule is COC(=O)Cc1c([C@@H]2Nc3ccccc3[C@H]2CC(=O)OC)[nH]c2ccccc12. The standard InChI is InChI=1S/C22H22N2O4/c1-27-19(25)11-15-13-7-3-5-9-17(13)23-21(15)22-16(12-20(26)28-2)14-8-4-6-10-18(14)24-22/h3-10,15,21,23-24H,11-12H2,1-2H3/t15-,21-/m1/s1. The van der Waals surface area contributed by atoms with Crippen LogP contribution in [0.1, 0.15) is 35.2 Å². The quantitative estimate of drug-likeness (QED) is 0.662. The number of carbonyl (C=O) groups is 2. The number of anilines is 1. The molecule has 2 N–H and O–H groups in total. The predicted octanol–water partition coefficient (Wildman–Crippen LogP) is 3.70. The molecule has 2 atom stereocenters. The Morgan fingerprint density at radius 3 is 2.46 bits per heavy atom. The average molecular weight is 378 g/mol. The summed E-state index contributed by atoms with van der Waals surface area (Å²) in [7, 11) is 2.79. The zero-order valence-electron chi connectivity index (χ0n) is 15.8. The minimum absolute atomic E-state index is 0.104. The molecule has 3 aromatic rings. The number of benzene rings is 2. The van der Waals surface area contributed by atoms with Crippen LogP contribution < -0.4 is 5.32 Å². The number of esters is 2. The Morgan fingerprint density at radius 2 is 1.68 bits per heavy atom. The predicted molar refractivity (Wildman–Crippen MR) is 106 cm³/mol. The summed E-state index contributed by atoms with van der Waals surface area (Å²) in [6.07, 6.45) is 0.410. The Kier molecular flexibility index (Phi) is 4.77. The molecule has 4 rings (SSSR count). The van der Waals surface area contributed by atoms with E-state index in [0.717, 1.165) is 33.4 Å². The zero-order chi connectivity index (χ0) is 19.7. The lowest BCUT2D eigenvalue weighted by atomic mass is 9.88. The van der Waals surface area contributed by atoms with Gasteiger partial charge in [-0.05, 0) is 23.3 Å². The van der Waals surface area contributed by atoms with Crippen molar-refractivity contribution in [3.05, 3.63) is 65.4 Å². The molecule has 0 spiro atoms. The second-order valence-corrected chi connectivity index (χ2v) is 6.91. The number of carbonyl (C=O) groups excluding carboxylic acids is 2. The lowest BCUT2D eigenvalue weighted by Gasteiger charge is -2.20. The van der Waals surface area contributed by atoms with Crippen LogP contribution in [0.25, 0.3) is 10.9 Å². The van der Waals surface area contributed by atoms with Crippen LogP contribution in [-0.2, 0) is 25.5 Å². The summed E-state index contributed by atoms with van der Waals surface area (Å²) in [5.41, 5.74) is 4.80. The summed E-state index contributed by atoms with van der Waals surface area (Å²) in [5.74, 6) is -0.668. The second kappa shape index (κ2) is 7.38. The molecule has 0 aliphatic carbocycles. The molecule has 2 aromatic carbocycles. The number of nitrogens with one attached hydrogen (secondary N) is 2. The van der Waals surface area contributed by atoms with Crippen molar-refractivity contribution in [1.82, 2.24) is 4.98 Å². The van der Waals surface area contributed by atoms with Gasteiger partial charge in [0.2, 0.25) is 0 Å². The summed E-state index contributed by atoms with van der Waals surface area (Å²) < 4.78 is 9.84. The first kappa shape index (κ1) is 18.1. The summed E-state index contributed by atoms with van der Waals surface area (Å²) in [6, 6.07) is 15.7. The first-order valence-electron chi connectivity index (χ1n) is 9.21. The van der Waals surface area contributed by atoms with E-state index < -0.39 is 0 Å². The van der Waals surface area contributed by atoms with Gasteiger partial charge in [0.1, 0.15) is 0 Å². The molecule has 0 radical (unpaired) electrons. The van der Waals surface area contributed by atoms with Gasteiger partial charge < -0.3 is 19.8 Å². The van der Waals surface area contributed by atoms with Gasteiger partial charge in [-0.15, -0.1) is 0 Å². The molecular weight excluding hydrogens is 356 g/mol. The molecule has 0 saturated carbocycles. The fourth-order valence-electron chi connectivity index (χ4n) is 4.06. The number of methoxy groups -OCH3 is 2. The highest BCUT2D eigenvalue weighted by Crippen LogP contribution is 2.47. The molecule has 144 valence electrons. The molecule has 6 heteroatoms. The number of para-hydroxylation sites is 2. The van der Waals surface area contributed by atoms with Crippen LogP contribution in [-0.4, -0.2) is 31.1 Å². The maximum Gasteiger partial charge on any atom is 0.310 e. The van der Waals surface area contributed by atoms with Crippen LogP contribution in [0.4, 0.5) is 5.69 Å². The molecule has 1 aliphatic heterocycles. The number of aromatic amines is 1. The third-order valence-electron chi connectivity index (χ3n) is 5.39. The minimum Gasteiger partial charge on any atom is -0.469 e. The van der Waals surface area contributed by atoms with Gasteiger partial charge in [-0.3, -0.25) is 9.59 Å². The number of aromatic nitrogens is 1. The van der Waals surface area contributed by atoms with Crippen LogP contribution in [0, 0.1) is 0 Å². The summed E-state index contributed by atoms with van der Waals surface area (Å²) in [5, 5.41) is 4.52. The highest BCUT2D eigenvalue weighted by molar-refractivity contribution is 5.89. The highest BCUT2D eigenvalue weighted by atomic mass is 16.5. The Bertz CT molecular complexity index is 1040. The van der Waals surface area contributed by atoms with E-state index in [0.29, 0.717) is 0 Å². The first-order valence-corrected chi connectivity index (χ1v) is 9.21. The molecule has 0 amide bonds. The van der Waals surface area contributed by atoms with Crippen molar-refractivity contribution in [3.8, 4) is 0 Å². The number of ether oxygens (including phenoxy) is 2. The van der Waals surface area contributed by atoms with Gasteiger partial charge >= 0.3 is 11.9 Å². The molecule has 1 aromatic heterocycles. The van der Waals surface area contributed by atoms with Crippen LogP contribution >= 0.6 is 0 Å². The molecule has 0 bridgehead atoms. The number of hydrogen-bond acceptors (Lipinski definition) is 5. The summed E-state index contributed by atoms with van der Waals surface area (Å²) in [4.78, 5) is 27.7. The van der Waals surface area contributed by atoms with Crippen LogP contribution in [0.5, 0.6) is 0 Å². The average Bonchev–Trinajstić information content (AvgIpc) is 3.26. The van der Waals surface area contributed by atoms with Gasteiger partial charge in [-0.25, -0.2) is 0 Å². The highest BCUT2D eigenvalue weighted by Gasteiger charge is 2.37. The van der Waals surface area contributed by atoms with E-state index in [4.69, 9.17) is 9.47 Å². The molecule has 0 fully saturated rings. The van der Waals surface area contributed by atoms with Crippen LogP contribution in [0.2, 0.25) is 0 Å². The second-order valence-electron chi connectivity index (χ2n) is 6.91. The summed E-state index contributed by atoms with van der Waals surface area (Å²) >= 11 is 0. The van der Waals surface area contributed by atoms with Gasteiger partial charge in [0.15, 0.2) is 0 Å². The number of hydrogen-bond donors (Lipinski definition) is 2. The Labute approximate surface area is 162 Å². The van der Waals surface area contributed by atoms with E-state index in [1.807, 2.05) is 48.5 Å². The number of fused-ring (bicyclic) bond motifs is 2. The van der Waals surface area contributed by atoms with Crippen molar-refractivity contribution in [2.24, 2.45) is 0 Å². The van der Waals surface area contributed by atoms with Crippen molar-refractivity contribution in [1.29, 1.82) is 0 Å². The molecule has 0 unspecified atom stereocenters. The normalized spacial score (nSPS) is 17.8. The fourth-order valence-corrected chi connectivity index (χ4v) is 4.06. The topological polar surface area (TPSA) is 80.4 Å². The monoisotopic (exact) mass is 378 g/mol. The zero-order valence-corrected chi connectivity index (χ0v) is 15.8. The van der Waals surface area contributed by atoms with E-state index >= 15 is 0 Å². The smallest absolute Gasteiger partial charge is 0.310 e. The Morgan fingerprint density at radius 1 is 0.964 bits per heavy atom. The molecular formula is C22H22N2O4. The van der Waals surface area contributed by atoms with Crippen molar-refractivity contribution >= 4 is 28.5 Å². The van der Waals surface area contributed by atoms with Crippen LogP contribution in [0.3, 0.4) is 0 Å². The minimum atomic E-state index is -0.300. The van der Waals surface area contributed by atoms with E-state index in [-0.39, 0.29) is 36.7 Å². The van der Waals surface area contributed by atoms with Gasteiger partial charge in [-0.1, -0.05) is 36.4 Å². The molecule has 6 nitrogen and oxygen atoms in total. The van der Waals surface area contributed by atoms with Crippen molar-refractivity contribution in [2.75, 3.05) is 19.5 Å². The maximum atomic E-state index is 12.1. The lowest BCUT2D eigenvalue weighted by Crippen LogP contribution is -2.18. The molecule has 2 heterocycles. The third kappa shape index (κ3) is 3.11. The molecule has 0 saturated heterocycles. The van der Waals surface area contributed by atoms with E-state index in [2.05, 4.69) is 10.3 Å². The number of H-pyrrole nitrogens is 1. The molecule has 28 heavy (non-hydrogen) atoms. The Hall–Kier alpha value is -3.28. The first-order chi connectivity index (χ1) is 13.6. The van der Waals surface area contributed by atoms with Crippen molar-refractivity contribution < 1.29 is 19.1 Å².